The summed E-state index contributed by atoms with van der Waals surface area (Å²) in [5.41, 5.74) is 6.70. The molecule has 2 heterocycles. The molecule has 34 heavy (non-hydrogen) atoms. The van der Waals surface area contributed by atoms with Crippen LogP contribution < -0.4 is 5.32 Å². The van der Waals surface area contributed by atoms with Crippen molar-refractivity contribution < 1.29 is 9.90 Å². The van der Waals surface area contributed by atoms with Gasteiger partial charge in [0.25, 0.3) is 5.91 Å². The topological polar surface area (TPSA) is 93.8 Å². The maximum absolute atomic E-state index is 12.7. The number of carbonyl (C=O) groups is 1. The third kappa shape index (κ3) is 3.57. The quantitative estimate of drug-likeness (QED) is 0.256. The number of aromatic hydroxyl groups is 1. The zero-order chi connectivity index (χ0) is 23.1. The molecule has 0 radical (unpaired) electrons. The van der Waals surface area contributed by atoms with Gasteiger partial charge >= 0.3 is 0 Å². The monoisotopic (exact) mass is 444 g/mol. The van der Waals surface area contributed by atoms with E-state index in [0.29, 0.717) is 17.1 Å². The van der Waals surface area contributed by atoms with Gasteiger partial charge in [0, 0.05) is 33.9 Å². The van der Waals surface area contributed by atoms with Gasteiger partial charge in [-0.2, -0.15) is 0 Å². The van der Waals surface area contributed by atoms with Crippen LogP contribution in [-0.2, 0) is 0 Å². The lowest BCUT2D eigenvalue weighted by atomic mass is 10.1. The predicted molar refractivity (Wildman–Crippen MR) is 135 cm³/mol. The molecule has 0 unspecified atom stereocenters. The van der Waals surface area contributed by atoms with E-state index in [2.05, 4.69) is 15.3 Å². The molecule has 0 saturated carbocycles. The number of fused-ring (bicyclic) bond motifs is 2. The minimum absolute atomic E-state index is 0.169. The Hall–Kier alpha value is -4.84. The third-order valence-electron chi connectivity index (χ3n) is 5.88. The molecular weight excluding hydrogens is 424 g/mol. The molecule has 0 atom stereocenters. The van der Waals surface area contributed by atoms with Crippen molar-refractivity contribution >= 4 is 33.5 Å². The summed E-state index contributed by atoms with van der Waals surface area (Å²) in [6, 6.07) is 28.1. The van der Waals surface area contributed by atoms with Gasteiger partial charge in [-0.15, -0.1) is 0 Å². The molecule has 0 aliphatic heterocycles. The number of rotatable bonds is 4. The van der Waals surface area contributed by atoms with E-state index in [9.17, 15) is 9.90 Å². The Morgan fingerprint density at radius 2 is 1.68 bits per heavy atom. The van der Waals surface area contributed by atoms with Gasteiger partial charge in [-0.25, -0.2) is 4.98 Å². The molecule has 1 amide bonds. The van der Waals surface area contributed by atoms with E-state index in [1.807, 2.05) is 72.9 Å². The zero-order valence-electron chi connectivity index (χ0n) is 18.0. The fraction of sp³-hybridized carbons (Fsp3) is 0. The van der Waals surface area contributed by atoms with E-state index < -0.39 is 0 Å². The SMILES string of the molecule is O=C(Nc1cc(-c2nc3ccc(-c4cccc(O)c4)cc3[nH]2)c2cc[nH]c2c1)c1ccccc1. The van der Waals surface area contributed by atoms with Gasteiger partial charge in [-0.3, -0.25) is 4.79 Å². The Morgan fingerprint density at radius 1 is 0.824 bits per heavy atom. The number of imidazole rings is 1. The number of aromatic nitrogens is 3. The number of nitrogens with one attached hydrogen (secondary N) is 3. The first-order valence-electron chi connectivity index (χ1n) is 10.9. The summed E-state index contributed by atoms with van der Waals surface area (Å²) < 4.78 is 0. The summed E-state index contributed by atoms with van der Waals surface area (Å²) >= 11 is 0. The number of phenolic OH excluding ortho intramolecular Hbond substituents is 1. The average molecular weight is 444 g/mol. The molecule has 0 aliphatic carbocycles. The Balaban J connectivity index is 1.41. The van der Waals surface area contributed by atoms with Crippen molar-refractivity contribution in [3.63, 3.8) is 0 Å². The fourth-order valence-corrected chi connectivity index (χ4v) is 4.23. The van der Waals surface area contributed by atoms with E-state index in [1.54, 1.807) is 24.3 Å². The summed E-state index contributed by atoms with van der Waals surface area (Å²) in [6.45, 7) is 0. The molecule has 0 spiro atoms. The van der Waals surface area contributed by atoms with Crippen LogP contribution in [0.25, 0.3) is 44.5 Å². The first kappa shape index (κ1) is 19.8. The minimum atomic E-state index is -0.169. The van der Waals surface area contributed by atoms with Crippen LogP contribution in [0.2, 0.25) is 0 Å². The van der Waals surface area contributed by atoms with Gasteiger partial charge in [0.15, 0.2) is 0 Å². The van der Waals surface area contributed by atoms with E-state index in [0.717, 1.165) is 38.6 Å². The van der Waals surface area contributed by atoms with Crippen molar-refractivity contribution in [2.45, 2.75) is 0 Å². The van der Waals surface area contributed by atoms with Crippen molar-refractivity contribution in [3.8, 4) is 28.3 Å². The van der Waals surface area contributed by atoms with Crippen LogP contribution in [0, 0.1) is 0 Å². The molecule has 6 heteroatoms. The van der Waals surface area contributed by atoms with Crippen LogP contribution in [0.1, 0.15) is 10.4 Å². The number of amides is 1. The van der Waals surface area contributed by atoms with Crippen molar-refractivity contribution in [2.75, 3.05) is 5.32 Å². The summed E-state index contributed by atoms with van der Waals surface area (Å²) in [5.74, 6) is 0.772. The second kappa shape index (κ2) is 7.94. The number of nitrogens with zero attached hydrogens (tertiary/aromatic N) is 1. The van der Waals surface area contributed by atoms with Crippen molar-refractivity contribution in [1.82, 2.24) is 15.0 Å². The largest absolute Gasteiger partial charge is 0.508 e. The Bertz CT molecular complexity index is 1660. The third-order valence-corrected chi connectivity index (χ3v) is 5.88. The number of hydrogen-bond acceptors (Lipinski definition) is 3. The van der Waals surface area contributed by atoms with Gasteiger partial charge in [0.2, 0.25) is 0 Å². The normalized spacial score (nSPS) is 11.2. The number of phenols is 1. The zero-order valence-corrected chi connectivity index (χ0v) is 18.0. The number of anilines is 1. The first-order chi connectivity index (χ1) is 16.6. The van der Waals surface area contributed by atoms with Gasteiger partial charge in [-0.1, -0.05) is 36.4 Å². The number of carbonyl (C=O) groups excluding carboxylic acids is 1. The summed E-state index contributed by atoms with van der Waals surface area (Å²) in [5, 5.41) is 13.8. The molecule has 6 nitrogen and oxygen atoms in total. The number of benzene rings is 4. The Morgan fingerprint density at radius 3 is 2.53 bits per heavy atom. The fourth-order valence-electron chi connectivity index (χ4n) is 4.23. The maximum Gasteiger partial charge on any atom is 0.255 e. The molecule has 4 N–H and O–H groups in total. The summed E-state index contributed by atoms with van der Waals surface area (Å²) in [6.07, 6.45) is 1.87. The van der Waals surface area contributed by atoms with E-state index in [4.69, 9.17) is 4.98 Å². The second-order valence-electron chi connectivity index (χ2n) is 8.15. The number of hydrogen-bond donors (Lipinski definition) is 4. The molecule has 6 rings (SSSR count). The highest BCUT2D eigenvalue weighted by molar-refractivity contribution is 6.06. The Labute approximate surface area is 194 Å². The van der Waals surface area contributed by atoms with Gasteiger partial charge in [-0.05, 0) is 65.7 Å². The van der Waals surface area contributed by atoms with Crippen molar-refractivity contribution in [3.05, 3.63) is 103 Å². The molecular formula is C28H20N4O2. The highest BCUT2D eigenvalue weighted by atomic mass is 16.3. The van der Waals surface area contributed by atoms with Crippen LogP contribution in [0.15, 0.2) is 97.2 Å². The minimum Gasteiger partial charge on any atom is -0.508 e. The van der Waals surface area contributed by atoms with Crippen LogP contribution in [0.5, 0.6) is 5.75 Å². The summed E-state index contributed by atoms with van der Waals surface area (Å²) in [4.78, 5) is 24.2. The molecule has 0 saturated heterocycles. The smallest absolute Gasteiger partial charge is 0.255 e. The van der Waals surface area contributed by atoms with E-state index >= 15 is 0 Å². The molecule has 0 aliphatic rings. The highest BCUT2D eigenvalue weighted by Gasteiger charge is 2.14. The van der Waals surface area contributed by atoms with Crippen molar-refractivity contribution in [2.24, 2.45) is 0 Å². The highest BCUT2D eigenvalue weighted by Crippen LogP contribution is 2.33. The van der Waals surface area contributed by atoms with Crippen LogP contribution >= 0.6 is 0 Å². The number of H-pyrrole nitrogens is 2. The standard InChI is InChI=1S/C28H20N4O2/c33-21-8-4-7-18(13-21)19-9-10-24-26(14-19)32-27(31-24)23-15-20(16-25-22(23)11-12-29-25)30-28(34)17-5-2-1-3-6-17/h1-16,29,33H,(H,30,34)(H,31,32). The molecule has 0 fully saturated rings. The van der Waals surface area contributed by atoms with Gasteiger partial charge in [0.1, 0.15) is 11.6 Å². The molecule has 0 bridgehead atoms. The van der Waals surface area contributed by atoms with Crippen LogP contribution in [0.4, 0.5) is 5.69 Å². The average Bonchev–Trinajstić information content (AvgIpc) is 3.50. The first-order valence-corrected chi connectivity index (χ1v) is 10.9. The molecule has 164 valence electrons. The lowest BCUT2D eigenvalue weighted by Gasteiger charge is -2.08. The maximum atomic E-state index is 12.7. The Kier molecular flexibility index (Phi) is 4.63. The molecule has 6 aromatic rings. The van der Waals surface area contributed by atoms with Crippen LogP contribution in [0.3, 0.4) is 0 Å². The van der Waals surface area contributed by atoms with E-state index in [-0.39, 0.29) is 11.7 Å². The van der Waals surface area contributed by atoms with Crippen LogP contribution in [-0.4, -0.2) is 26.0 Å². The summed E-state index contributed by atoms with van der Waals surface area (Å²) in [7, 11) is 0. The van der Waals surface area contributed by atoms with Crippen molar-refractivity contribution in [1.29, 1.82) is 0 Å². The predicted octanol–water partition coefficient (Wildman–Crippen LogP) is 6.34. The number of aromatic amines is 2. The van der Waals surface area contributed by atoms with E-state index in [1.165, 1.54) is 0 Å². The lowest BCUT2D eigenvalue weighted by Crippen LogP contribution is -2.11. The second-order valence-corrected chi connectivity index (χ2v) is 8.15. The van der Waals surface area contributed by atoms with Gasteiger partial charge < -0.3 is 20.4 Å². The molecule has 4 aromatic carbocycles. The van der Waals surface area contributed by atoms with Gasteiger partial charge in [0.05, 0.1) is 11.0 Å². The lowest BCUT2D eigenvalue weighted by molar-refractivity contribution is 0.102. The molecule has 2 aromatic heterocycles.